The summed E-state index contributed by atoms with van der Waals surface area (Å²) in [6, 6.07) is 13.9. The Morgan fingerprint density at radius 1 is 0.789 bits per heavy atom. The minimum absolute atomic E-state index is 0.239. The predicted octanol–water partition coefficient (Wildman–Crippen LogP) is 10.1. The van der Waals surface area contributed by atoms with Gasteiger partial charge in [-0.1, -0.05) is 123 Å². The fourth-order valence-electron chi connectivity index (χ4n) is 2.66. The molecule has 0 unspecified atom stereocenters. The van der Waals surface area contributed by atoms with Gasteiger partial charge in [0, 0.05) is 0 Å². The van der Waals surface area contributed by atoms with Crippen LogP contribution in [0, 0.1) is 6.92 Å². The van der Waals surface area contributed by atoms with E-state index in [0.29, 0.717) is 16.7 Å². The summed E-state index contributed by atoms with van der Waals surface area (Å²) in [5, 5.41) is 0. The van der Waals surface area contributed by atoms with E-state index in [9.17, 15) is 9.59 Å². The van der Waals surface area contributed by atoms with Gasteiger partial charge < -0.3 is 9.47 Å². The van der Waals surface area contributed by atoms with Crippen molar-refractivity contribution in [1.29, 1.82) is 0 Å². The molecule has 0 atom stereocenters. The van der Waals surface area contributed by atoms with E-state index in [1.165, 1.54) is 6.08 Å². The lowest BCUT2D eigenvalue weighted by atomic mass is 10.0. The first kappa shape index (κ1) is 38.6. The summed E-state index contributed by atoms with van der Waals surface area (Å²) in [6.45, 7) is 26.9. The maximum Gasteiger partial charge on any atom is 0.343 e. The molecule has 0 saturated carbocycles. The first-order chi connectivity index (χ1) is 18.5. The summed E-state index contributed by atoms with van der Waals surface area (Å²) in [4.78, 5) is 25.2. The Kier molecular flexibility index (Phi) is 26.6. The average Bonchev–Trinajstić information content (AvgIpc) is 2.98. The molecule has 0 aromatic heterocycles. The molecule has 0 bridgehead atoms. The summed E-state index contributed by atoms with van der Waals surface area (Å²) >= 11 is 0. The van der Waals surface area contributed by atoms with Crippen LogP contribution < -0.4 is 4.74 Å². The van der Waals surface area contributed by atoms with Crippen molar-refractivity contribution in [2.45, 2.75) is 69.2 Å². The number of aryl methyl sites for hydroxylation is 1. The molecule has 0 heterocycles. The Morgan fingerprint density at radius 2 is 1.37 bits per heavy atom. The van der Waals surface area contributed by atoms with Crippen LogP contribution in [-0.4, -0.2) is 11.9 Å². The lowest BCUT2D eigenvalue weighted by Crippen LogP contribution is -2.13. The monoisotopic (exact) mass is 520 g/mol. The highest BCUT2D eigenvalue weighted by Crippen LogP contribution is 2.31. The largest absolute Gasteiger partial charge is 0.422 e. The highest BCUT2D eigenvalue weighted by Gasteiger charge is 2.20. The Bertz CT molecular complexity index is 1030. The number of hydrogen-bond acceptors (Lipinski definition) is 4. The van der Waals surface area contributed by atoms with Crippen molar-refractivity contribution in [1.82, 2.24) is 0 Å². The van der Waals surface area contributed by atoms with Crippen LogP contribution >= 0.6 is 0 Å². The molecule has 208 valence electrons. The highest BCUT2D eigenvalue weighted by atomic mass is 16.5. The van der Waals surface area contributed by atoms with Gasteiger partial charge in [-0.05, 0) is 49.8 Å². The quantitative estimate of drug-likeness (QED) is 0.114. The predicted molar refractivity (Wildman–Crippen MR) is 165 cm³/mol. The molecular weight excluding hydrogens is 472 g/mol. The van der Waals surface area contributed by atoms with Gasteiger partial charge in [0.15, 0.2) is 0 Å². The molecule has 2 aromatic carbocycles. The van der Waals surface area contributed by atoms with Crippen molar-refractivity contribution in [3.05, 3.63) is 120 Å². The van der Waals surface area contributed by atoms with Gasteiger partial charge in [0.2, 0.25) is 0 Å². The lowest BCUT2D eigenvalue weighted by molar-refractivity contribution is -0.129. The van der Waals surface area contributed by atoms with Crippen molar-refractivity contribution in [3.8, 4) is 5.75 Å². The number of carbonyl (C=O) groups excluding carboxylic acids is 2. The van der Waals surface area contributed by atoms with E-state index < -0.39 is 11.9 Å². The molecule has 0 aliphatic rings. The summed E-state index contributed by atoms with van der Waals surface area (Å²) in [6.07, 6.45) is 9.56. The van der Waals surface area contributed by atoms with E-state index in [1.54, 1.807) is 73.7 Å². The molecule has 0 fully saturated rings. The molecule has 0 spiro atoms. The number of hydrogen-bond donors (Lipinski definition) is 0. The highest BCUT2D eigenvalue weighted by molar-refractivity contribution is 5.95. The van der Waals surface area contributed by atoms with Crippen LogP contribution in [0.25, 0.3) is 5.76 Å². The molecule has 0 N–H and O–H groups in total. The van der Waals surface area contributed by atoms with Crippen LogP contribution in [-0.2, 0) is 9.53 Å². The fourth-order valence-corrected chi connectivity index (χ4v) is 2.66. The summed E-state index contributed by atoms with van der Waals surface area (Å²) in [5.41, 5.74) is 2.05. The number of ether oxygens (including phenoxy) is 2. The summed E-state index contributed by atoms with van der Waals surface area (Å²) < 4.78 is 11.3. The fraction of sp³-hybridized carbons (Fsp3) is 0.294. The number of esters is 2. The normalized spacial score (nSPS) is 9.95. The van der Waals surface area contributed by atoms with E-state index in [1.807, 2.05) is 74.4 Å². The molecule has 2 rings (SSSR count). The van der Waals surface area contributed by atoms with Crippen molar-refractivity contribution in [2.24, 2.45) is 0 Å². The molecule has 0 saturated heterocycles. The average molecular weight is 521 g/mol. The second kappa shape index (κ2) is 26.2. The topological polar surface area (TPSA) is 52.6 Å². The molecule has 0 radical (unpaired) electrons. The van der Waals surface area contributed by atoms with Crippen molar-refractivity contribution >= 4 is 17.7 Å². The summed E-state index contributed by atoms with van der Waals surface area (Å²) in [5.74, 6) is -0.536. The van der Waals surface area contributed by atoms with Gasteiger partial charge in [0.05, 0.1) is 16.7 Å². The Morgan fingerprint density at radius 3 is 1.87 bits per heavy atom. The van der Waals surface area contributed by atoms with Gasteiger partial charge in [-0.2, -0.15) is 0 Å². The van der Waals surface area contributed by atoms with Crippen LogP contribution in [0.15, 0.2) is 104 Å². The molecule has 4 nitrogen and oxygen atoms in total. The van der Waals surface area contributed by atoms with Crippen LogP contribution in [0.2, 0.25) is 0 Å². The van der Waals surface area contributed by atoms with E-state index in [0.717, 1.165) is 5.56 Å². The van der Waals surface area contributed by atoms with Crippen LogP contribution in [0.3, 0.4) is 0 Å². The van der Waals surface area contributed by atoms with Gasteiger partial charge in [0.25, 0.3) is 0 Å². The maximum atomic E-state index is 12.6. The molecular formula is C34H48O4. The zero-order valence-corrected chi connectivity index (χ0v) is 25.1. The van der Waals surface area contributed by atoms with E-state index >= 15 is 0 Å². The third-order valence-electron chi connectivity index (χ3n) is 4.12. The van der Waals surface area contributed by atoms with Gasteiger partial charge in [-0.25, -0.2) is 9.59 Å². The SMILES string of the molecule is C=C/C=C\C(=C/C)C(=O)Oc1cccc(C)c1/C(=C\C=C)OC(=O)c1ccccc1.CC.CC.CC.CC. The van der Waals surface area contributed by atoms with E-state index in [2.05, 4.69) is 13.2 Å². The molecule has 0 aliphatic carbocycles. The van der Waals surface area contributed by atoms with Crippen LogP contribution in [0.4, 0.5) is 0 Å². The van der Waals surface area contributed by atoms with Gasteiger partial charge in [0.1, 0.15) is 11.5 Å². The molecule has 2 aromatic rings. The first-order valence-electron chi connectivity index (χ1n) is 13.4. The Labute approximate surface area is 232 Å². The van der Waals surface area contributed by atoms with Crippen molar-refractivity contribution in [3.63, 3.8) is 0 Å². The van der Waals surface area contributed by atoms with Crippen LogP contribution in [0.1, 0.15) is 83.8 Å². The van der Waals surface area contributed by atoms with Crippen molar-refractivity contribution in [2.75, 3.05) is 0 Å². The Balaban J connectivity index is -0.00000140. The molecule has 0 amide bonds. The van der Waals surface area contributed by atoms with Gasteiger partial charge >= 0.3 is 11.9 Å². The maximum absolute atomic E-state index is 12.6. The number of benzene rings is 2. The van der Waals surface area contributed by atoms with Crippen molar-refractivity contribution < 1.29 is 19.1 Å². The minimum Gasteiger partial charge on any atom is -0.422 e. The number of rotatable bonds is 8. The molecule has 0 aliphatic heterocycles. The smallest absolute Gasteiger partial charge is 0.343 e. The molecule has 4 heteroatoms. The minimum atomic E-state index is -0.533. The number of allylic oxidation sites excluding steroid dienone is 5. The van der Waals surface area contributed by atoms with E-state index in [-0.39, 0.29) is 11.5 Å². The lowest BCUT2D eigenvalue weighted by Gasteiger charge is -2.16. The molecule has 38 heavy (non-hydrogen) atoms. The van der Waals surface area contributed by atoms with Crippen LogP contribution in [0.5, 0.6) is 5.75 Å². The standard InChI is InChI=1S/C26H24O4.4C2H6/c1-5-8-15-20(7-3)25(27)30-23-18-12-14-19(4)24(23)22(13-6-2)29-26(28)21-16-10-9-11-17-21;4*1-2/h5-18H,1-2H2,3-4H3;4*1-2H3/b15-8-,20-7+,22-13+;;;;. The Hall–Kier alpha value is -3.92. The third kappa shape index (κ3) is 14.0. The second-order valence-electron chi connectivity index (χ2n) is 6.20. The zero-order valence-electron chi connectivity index (χ0n) is 25.1. The first-order valence-corrected chi connectivity index (χ1v) is 13.4. The third-order valence-corrected chi connectivity index (χ3v) is 4.12. The number of carbonyl (C=O) groups is 2. The van der Waals surface area contributed by atoms with E-state index in [4.69, 9.17) is 9.47 Å². The van der Waals surface area contributed by atoms with Gasteiger partial charge in [-0.15, -0.1) is 0 Å². The second-order valence-corrected chi connectivity index (χ2v) is 6.20. The zero-order chi connectivity index (χ0) is 29.9. The summed E-state index contributed by atoms with van der Waals surface area (Å²) in [7, 11) is 0. The van der Waals surface area contributed by atoms with Gasteiger partial charge in [-0.3, -0.25) is 0 Å².